The molecular formula is C48H71FN2O10. The van der Waals surface area contributed by atoms with Crippen LogP contribution in [0.4, 0.5) is 4.39 Å². The Hall–Kier alpha value is -4.40. The Labute approximate surface area is 362 Å². The van der Waals surface area contributed by atoms with E-state index < -0.39 is 66.9 Å². The molecule has 1 aliphatic rings. The number of oxime groups is 1. The van der Waals surface area contributed by atoms with E-state index in [0.29, 0.717) is 24.0 Å². The van der Waals surface area contributed by atoms with Gasteiger partial charge in [-0.15, -0.1) is 0 Å². The molecule has 0 saturated heterocycles. The smallest absolute Gasteiger partial charge is 0.373 e. The largest absolute Gasteiger partial charge is 0.490 e. The van der Waals surface area contributed by atoms with Crippen LogP contribution in [0.25, 0.3) is 0 Å². The van der Waals surface area contributed by atoms with Gasteiger partial charge in [0.15, 0.2) is 6.61 Å². The van der Waals surface area contributed by atoms with Crippen molar-refractivity contribution in [3.63, 3.8) is 0 Å². The molecule has 0 radical (unpaired) electrons. The Bertz CT molecular complexity index is 1740. The molecule has 0 aliphatic carbocycles. The van der Waals surface area contributed by atoms with Crippen molar-refractivity contribution in [2.24, 2.45) is 40.7 Å². The van der Waals surface area contributed by atoms with Crippen LogP contribution in [0.5, 0.6) is 0 Å². The number of methoxy groups -OCH3 is 2. The first-order valence-corrected chi connectivity index (χ1v) is 21.1. The monoisotopic (exact) mass is 855 g/mol. The summed E-state index contributed by atoms with van der Waals surface area (Å²) in [5.74, 6) is -4.61. The average Bonchev–Trinajstić information content (AvgIpc) is 3.23. The number of amides is 1. The highest BCUT2D eigenvalue weighted by Crippen LogP contribution is 2.30. The maximum Gasteiger partial charge on any atom is 0.373 e. The summed E-state index contributed by atoms with van der Waals surface area (Å²) >= 11 is 0. The number of hydrogen-bond acceptors (Lipinski definition) is 11. The van der Waals surface area contributed by atoms with Gasteiger partial charge in [-0.3, -0.25) is 4.79 Å². The molecule has 5 N–H and O–H groups in total. The minimum atomic E-state index is -1.23. The molecule has 340 valence electrons. The summed E-state index contributed by atoms with van der Waals surface area (Å²) in [5, 5.41) is 52.2. The van der Waals surface area contributed by atoms with E-state index in [2.05, 4.69) is 10.5 Å². The number of ether oxygens (including phenoxy) is 3. The van der Waals surface area contributed by atoms with Crippen molar-refractivity contribution in [1.29, 1.82) is 0 Å². The molecule has 13 heteroatoms. The lowest BCUT2D eigenvalue weighted by molar-refractivity contribution is -0.161. The van der Waals surface area contributed by atoms with Gasteiger partial charge in [-0.1, -0.05) is 113 Å². The normalized spacial score (nSPS) is 26.5. The molecule has 61 heavy (non-hydrogen) atoms. The number of esters is 1. The fourth-order valence-electron chi connectivity index (χ4n) is 7.32. The molecule has 0 bridgehead atoms. The van der Waals surface area contributed by atoms with Crippen LogP contribution in [-0.4, -0.2) is 95.5 Å². The molecule has 1 amide bonds. The molecule has 0 spiro atoms. The van der Waals surface area contributed by atoms with E-state index in [1.54, 1.807) is 76.3 Å². The summed E-state index contributed by atoms with van der Waals surface area (Å²) in [7, 11) is 2.82. The van der Waals surface area contributed by atoms with E-state index in [0.717, 1.165) is 5.57 Å². The zero-order valence-corrected chi connectivity index (χ0v) is 37.8. The number of aliphatic hydroxyl groups is 4. The second-order valence-electron chi connectivity index (χ2n) is 16.3. The maximum atomic E-state index is 13.9. The van der Waals surface area contributed by atoms with Gasteiger partial charge in [0.05, 0.1) is 37.2 Å². The number of aliphatic hydroxyl groups excluding tert-OH is 4. The first-order chi connectivity index (χ1) is 28.9. The van der Waals surface area contributed by atoms with E-state index in [4.69, 9.17) is 19.0 Å². The molecule has 1 aliphatic heterocycles. The van der Waals surface area contributed by atoms with Crippen molar-refractivity contribution in [3.8, 4) is 0 Å². The molecule has 2 rings (SSSR count). The fraction of sp³-hybridized carbons (Fsp3) is 0.562. The number of nitrogens with zero attached hydrogens (tertiary/aromatic N) is 1. The predicted octanol–water partition coefficient (Wildman–Crippen LogP) is 6.91. The number of benzene rings is 1. The first kappa shape index (κ1) is 52.7. The Morgan fingerprint density at radius 3 is 2.34 bits per heavy atom. The highest BCUT2D eigenvalue weighted by molar-refractivity contribution is 5.96. The van der Waals surface area contributed by atoms with Gasteiger partial charge in [-0.2, -0.15) is 0 Å². The third kappa shape index (κ3) is 17.1. The van der Waals surface area contributed by atoms with E-state index in [1.807, 2.05) is 46.8 Å². The minimum absolute atomic E-state index is 0.114. The molecule has 1 aromatic carbocycles. The van der Waals surface area contributed by atoms with Crippen LogP contribution in [0.2, 0.25) is 0 Å². The Kier molecular flexibility index (Phi) is 23.2. The van der Waals surface area contributed by atoms with Crippen LogP contribution in [0.3, 0.4) is 0 Å². The average molecular weight is 855 g/mol. The number of carbonyl (C=O) groups excluding carboxylic acids is 2. The van der Waals surface area contributed by atoms with Crippen molar-refractivity contribution in [2.45, 2.75) is 118 Å². The van der Waals surface area contributed by atoms with Crippen LogP contribution in [0, 0.1) is 41.3 Å². The molecule has 1 aromatic rings. The molecule has 0 aromatic heterocycles. The number of halogens is 1. The van der Waals surface area contributed by atoms with Gasteiger partial charge in [0.2, 0.25) is 5.76 Å². The van der Waals surface area contributed by atoms with Crippen molar-refractivity contribution >= 4 is 17.6 Å². The Morgan fingerprint density at radius 2 is 1.74 bits per heavy atom. The summed E-state index contributed by atoms with van der Waals surface area (Å²) in [5.41, 5.74) is 2.54. The number of allylic oxidation sites excluding steroid dienone is 7. The SMILES string of the molecule is CC=CC(O)C(C)C=CC(=NOCC(=O)NCc1ccc(F)cc1)C(C)C(O)C(C)C1OC(=O)C(OC)=CC(C)=CC(C)C(O)C(CC)C(O)C(C)CC(C)=CC=CC1OC. The number of rotatable bonds is 16. The number of carbonyl (C=O) groups is 2. The third-order valence-electron chi connectivity index (χ3n) is 11.2. The quantitative estimate of drug-likeness (QED) is 0.0509. The Morgan fingerprint density at radius 1 is 1.07 bits per heavy atom. The van der Waals surface area contributed by atoms with Crippen LogP contribution in [-0.2, 0) is 35.2 Å². The van der Waals surface area contributed by atoms with Crippen LogP contribution in [0.1, 0.15) is 80.7 Å². The molecule has 0 saturated carbocycles. The predicted molar refractivity (Wildman–Crippen MR) is 236 cm³/mol. The second kappa shape index (κ2) is 26.8. The van der Waals surface area contributed by atoms with Gasteiger partial charge in [0, 0.05) is 43.2 Å². The maximum absolute atomic E-state index is 13.9. The topological polar surface area (TPSA) is 176 Å². The van der Waals surface area contributed by atoms with Crippen LogP contribution in [0.15, 0.2) is 101 Å². The van der Waals surface area contributed by atoms with E-state index in [9.17, 15) is 34.4 Å². The highest BCUT2D eigenvalue weighted by Gasteiger charge is 2.38. The zero-order chi connectivity index (χ0) is 45.8. The summed E-state index contributed by atoms with van der Waals surface area (Å²) < 4.78 is 30.9. The van der Waals surface area contributed by atoms with Gasteiger partial charge in [-0.25, -0.2) is 9.18 Å². The van der Waals surface area contributed by atoms with Crippen molar-refractivity contribution in [2.75, 3.05) is 20.8 Å². The molecule has 12 atom stereocenters. The summed E-state index contributed by atoms with van der Waals surface area (Å²) in [4.78, 5) is 32.0. The minimum Gasteiger partial charge on any atom is -0.490 e. The zero-order valence-electron chi connectivity index (χ0n) is 37.8. The number of nitrogens with one attached hydrogen (secondary N) is 1. The first-order valence-electron chi connectivity index (χ1n) is 21.1. The van der Waals surface area contributed by atoms with Crippen molar-refractivity contribution < 1.29 is 53.5 Å². The van der Waals surface area contributed by atoms with Crippen LogP contribution >= 0.6 is 0 Å². The molecular weight excluding hydrogens is 784 g/mol. The molecule has 0 fully saturated rings. The van der Waals surface area contributed by atoms with Crippen molar-refractivity contribution in [3.05, 3.63) is 107 Å². The lowest BCUT2D eigenvalue weighted by Gasteiger charge is -2.34. The lowest BCUT2D eigenvalue weighted by atomic mass is 9.79. The standard InChI is InChI=1S/C48H71FN2O10/c1-12-15-40(52)31(5)18-23-39(51-60-28-43(53)50-27-36-19-21-37(49)22-20-36)34(8)46(56)35(9)47-41(58-10)17-14-16-29(3)24-32(6)44(54)38(13-2)45(55)33(7)25-30(4)26-42(59-11)48(57)61-47/h12,14-23,25-26,31-35,38,40-41,44-47,52,54-56H,13,24,27-28H2,1-11H3,(H,50,53). The number of cyclic esters (lactones) is 1. The fourth-order valence-corrected chi connectivity index (χ4v) is 7.32. The third-order valence-corrected chi connectivity index (χ3v) is 11.2. The number of hydrogen-bond donors (Lipinski definition) is 5. The summed E-state index contributed by atoms with van der Waals surface area (Å²) in [6.45, 7) is 16.2. The lowest BCUT2D eigenvalue weighted by Crippen LogP contribution is -2.45. The van der Waals surface area contributed by atoms with E-state index in [-0.39, 0.29) is 47.5 Å². The van der Waals surface area contributed by atoms with Gasteiger partial charge in [0.25, 0.3) is 5.91 Å². The van der Waals surface area contributed by atoms with Gasteiger partial charge < -0.3 is 44.8 Å². The van der Waals surface area contributed by atoms with Crippen molar-refractivity contribution in [1.82, 2.24) is 5.32 Å². The van der Waals surface area contributed by atoms with E-state index in [1.165, 1.54) is 32.4 Å². The second-order valence-corrected chi connectivity index (χ2v) is 16.3. The summed E-state index contributed by atoms with van der Waals surface area (Å²) in [6.07, 6.45) is 11.0. The summed E-state index contributed by atoms with van der Waals surface area (Å²) in [6, 6.07) is 5.72. The van der Waals surface area contributed by atoms with E-state index >= 15 is 0 Å². The molecule has 12 unspecified atom stereocenters. The highest BCUT2D eigenvalue weighted by atomic mass is 19.1. The molecule has 1 heterocycles. The van der Waals surface area contributed by atoms with Gasteiger partial charge in [0.1, 0.15) is 18.0 Å². The van der Waals surface area contributed by atoms with Crippen LogP contribution < -0.4 is 5.32 Å². The van der Waals surface area contributed by atoms with Gasteiger partial charge in [-0.05, 0) is 69.4 Å². The van der Waals surface area contributed by atoms with Gasteiger partial charge >= 0.3 is 5.97 Å². The molecule has 12 nitrogen and oxygen atoms in total. The Balaban J connectivity index is 2.56.